The first-order valence-electron chi connectivity index (χ1n) is 5.34. The minimum Gasteiger partial charge on any atom is -0.545 e. The van der Waals surface area contributed by atoms with Crippen molar-refractivity contribution in [2.45, 2.75) is 47.0 Å². The minimum atomic E-state index is 0. The SMILES string of the molecule is CC(C)(C)c1ccncn1.C[C-](C)C.[CH-]=O.[CH-]=O.[Ru+3]. The van der Waals surface area contributed by atoms with E-state index in [1.54, 1.807) is 12.5 Å². The van der Waals surface area contributed by atoms with Crippen molar-refractivity contribution in [1.82, 2.24) is 9.97 Å². The summed E-state index contributed by atoms with van der Waals surface area (Å²) in [6.07, 6.45) is 3.36. The van der Waals surface area contributed by atoms with Crippen LogP contribution in [0.1, 0.15) is 47.2 Å². The van der Waals surface area contributed by atoms with Gasteiger partial charge in [-0.3, -0.25) is 13.6 Å². The fraction of sp³-hybridized carbons (Fsp3) is 0.500. The molecule has 0 N–H and O–H groups in total. The van der Waals surface area contributed by atoms with Gasteiger partial charge in [0.05, 0.1) is 0 Å². The monoisotopic (exact) mass is 353 g/mol. The van der Waals surface area contributed by atoms with Gasteiger partial charge in [-0.2, -0.15) is 20.8 Å². The van der Waals surface area contributed by atoms with Crippen LogP contribution in [0.15, 0.2) is 18.6 Å². The normalized spacial score (nSPS) is 8.37. The summed E-state index contributed by atoms with van der Waals surface area (Å²) in [6.45, 7) is 19.2. The van der Waals surface area contributed by atoms with Crippen molar-refractivity contribution >= 4 is 13.6 Å². The predicted molar refractivity (Wildman–Crippen MR) is 74.5 cm³/mol. The topological polar surface area (TPSA) is 59.9 Å². The Morgan fingerprint density at radius 2 is 1.42 bits per heavy atom. The fourth-order valence-electron chi connectivity index (χ4n) is 0.734. The van der Waals surface area contributed by atoms with Gasteiger partial charge < -0.3 is 15.5 Å². The van der Waals surface area contributed by atoms with E-state index in [1.165, 1.54) is 5.92 Å². The Morgan fingerprint density at radius 1 is 1.05 bits per heavy atom. The van der Waals surface area contributed by atoms with Crippen LogP contribution in [0.5, 0.6) is 0 Å². The molecule has 0 unspecified atom stereocenters. The summed E-state index contributed by atoms with van der Waals surface area (Å²) in [4.78, 5) is 23.5. The zero-order valence-electron chi connectivity index (χ0n) is 12.5. The summed E-state index contributed by atoms with van der Waals surface area (Å²) < 4.78 is 0. The zero-order chi connectivity index (χ0) is 15.2. The van der Waals surface area contributed by atoms with Crippen LogP contribution in [0.25, 0.3) is 0 Å². The maximum Gasteiger partial charge on any atom is 3.00 e. The molecule has 19 heavy (non-hydrogen) atoms. The van der Waals surface area contributed by atoms with E-state index in [1.807, 2.05) is 6.07 Å². The maximum atomic E-state index is 7.75. The second-order valence-electron chi connectivity index (χ2n) is 4.84. The minimum absolute atomic E-state index is 0. The molecule has 109 valence electrons. The van der Waals surface area contributed by atoms with Gasteiger partial charge in [0.25, 0.3) is 0 Å². The molecule has 1 aromatic rings. The van der Waals surface area contributed by atoms with Crippen LogP contribution >= 0.6 is 0 Å². The van der Waals surface area contributed by atoms with Crippen molar-refractivity contribution in [3.8, 4) is 0 Å². The van der Waals surface area contributed by atoms with Crippen molar-refractivity contribution in [2.24, 2.45) is 0 Å². The summed E-state index contributed by atoms with van der Waals surface area (Å²) in [5.41, 5.74) is 1.23. The van der Waals surface area contributed by atoms with Gasteiger partial charge in [0, 0.05) is 17.3 Å². The third-order valence-corrected chi connectivity index (χ3v) is 1.35. The molecular formula is C14H23N2O2Ru. The average molecular weight is 352 g/mol. The summed E-state index contributed by atoms with van der Waals surface area (Å²) in [6, 6.07) is 1.94. The van der Waals surface area contributed by atoms with E-state index in [9.17, 15) is 0 Å². The molecule has 0 fully saturated rings. The molecule has 1 rings (SSSR count). The molecule has 0 bridgehead atoms. The van der Waals surface area contributed by atoms with Crippen molar-refractivity contribution in [3.05, 3.63) is 30.2 Å². The first kappa shape index (κ1) is 26.6. The van der Waals surface area contributed by atoms with Gasteiger partial charge in [-0.25, -0.2) is 9.97 Å². The number of nitrogens with zero attached hydrogens (tertiary/aromatic N) is 2. The molecule has 0 amide bonds. The van der Waals surface area contributed by atoms with E-state index < -0.39 is 0 Å². The molecular weight excluding hydrogens is 329 g/mol. The van der Waals surface area contributed by atoms with Crippen LogP contribution in [-0.4, -0.2) is 23.5 Å². The maximum absolute atomic E-state index is 7.75. The van der Waals surface area contributed by atoms with Gasteiger partial charge in [0.1, 0.15) is 6.33 Å². The molecule has 1 aromatic heterocycles. The molecule has 1 radical (unpaired) electrons. The van der Waals surface area contributed by atoms with Gasteiger partial charge in [0.2, 0.25) is 0 Å². The molecule has 4 nitrogen and oxygen atoms in total. The van der Waals surface area contributed by atoms with Crippen molar-refractivity contribution in [3.63, 3.8) is 0 Å². The Labute approximate surface area is 130 Å². The molecule has 0 saturated heterocycles. The standard InChI is InChI=1S/C8H12N2.C4H9.2CHO.Ru/c1-8(2,3)7-4-5-9-6-10-7;1-4(2)3;2*1-2;/h4-6H,1-3H3;1-3H3;2*1H;/q;3*-1;+3. The van der Waals surface area contributed by atoms with Crippen LogP contribution in [0.4, 0.5) is 0 Å². The Kier molecular flexibility index (Phi) is 23.8. The van der Waals surface area contributed by atoms with E-state index >= 15 is 0 Å². The van der Waals surface area contributed by atoms with E-state index in [0.717, 1.165) is 5.69 Å². The van der Waals surface area contributed by atoms with Crippen molar-refractivity contribution in [2.75, 3.05) is 0 Å². The fourth-order valence-corrected chi connectivity index (χ4v) is 0.734. The van der Waals surface area contributed by atoms with Crippen LogP contribution in [0.3, 0.4) is 0 Å². The summed E-state index contributed by atoms with van der Waals surface area (Å²) in [5.74, 6) is 1.42. The molecule has 0 saturated carbocycles. The largest absolute Gasteiger partial charge is 3.00 e. The zero-order valence-corrected chi connectivity index (χ0v) is 14.2. The van der Waals surface area contributed by atoms with Crippen LogP contribution in [-0.2, 0) is 34.5 Å². The predicted octanol–water partition coefficient (Wildman–Crippen LogP) is 2.84. The molecule has 0 atom stereocenters. The molecule has 5 heteroatoms. The quantitative estimate of drug-likeness (QED) is 0.409. The second kappa shape index (κ2) is 17.0. The van der Waals surface area contributed by atoms with Crippen LogP contribution < -0.4 is 0 Å². The Balaban J connectivity index is -0.000000107. The van der Waals surface area contributed by atoms with Gasteiger partial charge in [-0.1, -0.05) is 20.8 Å². The van der Waals surface area contributed by atoms with Gasteiger partial charge in [0.15, 0.2) is 0 Å². The second-order valence-corrected chi connectivity index (χ2v) is 4.84. The Morgan fingerprint density at radius 3 is 1.58 bits per heavy atom. The van der Waals surface area contributed by atoms with E-state index in [0.29, 0.717) is 0 Å². The first-order chi connectivity index (χ1) is 8.34. The number of rotatable bonds is 0. The number of hydrogen-bond donors (Lipinski definition) is 0. The Hall–Kier alpha value is -0.957. The molecule has 0 spiro atoms. The molecule has 0 aromatic carbocycles. The summed E-state index contributed by atoms with van der Waals surface area (Å²) in [7, 11) is 0. The molecule has 0 aliphatic rings. The summed E-state index contributed by atoms with van der Waals surface area (Å²) in [5, 5.41) is 0. The van der Waals surface area contributed by atoms with Crippen LogP contribution in [0, 0.1) is 5.92 Å². The smallest absolute Gasteiger partial charge is 0.545 e. The van der Waals surface area contributed by atoms with E-state index in [-0.39, 0.29) is 24.9 Å². The van der Waals surface area contributed by atoms with E-state index in [4.69, 9.17) is 9.59 Å². The molecule has 0 aliphatic carbocycles. The van der Waals surface area contributed by atoms with E-state index in [2.05, 4.69) is 65.1 Å². The third-order valence-electron chi connectivity index (χ3n) is 1.35. The average Bonchev–Trinajstić information content (AvgIpc) is 2.34. The number of carbonyl (C=O) groups excluding carboxylic acids is 2. The Bertz CT molecular complexity index is 270. The third kappa shape index (κ3) is 22.7. The van der Waals surface area contributed by atoms with Crippen molar-refractivity contribution < 1.29 is 29.1 Å². The summed E-state index contributed by atoms with van der Waals surface area (Å²) >= 11 is 0. The van der Waals surface area contributed by atoms with Gasteiger partial charge in [-0.15, -0.1) is 0 Å². The van der Waals surface area contributed by atoms with Crippen molar-refractivity contribution in [1.29, 1.82) is 0 Å². The first-order valence-corrected chi connectivity index (χ1v) is 5.34. The van der Waals surface area contributed by atoms with Gasteiger partial charge >= 0.3 is 19.5 Å². The number of hydrogen-bond acceptors (Lipinski definition) is 4. The number of aromatic nitrogens is 2. The van der Waals surface area contributed by atoms with Crippen LogP contribution in [0.2, 0.25) is 0 Å². The van der Waals surface area contributed by atoms with Gasteiger partial charge in [-0.05, 0) is 6.07 Å². The molecule has 0 aliphatic heterocycles. The molecule has 1 heterocycles.